The predicted molar refractivity (Wildman–Crippen MR) is 91.9 cm³/mol. The van der Waals surface area contributed by atoms with Crippen LogP contribution in [0.2, 0.25) is 0 Å². The second-order valence-corrected chi connectivity index (χ2v) is 8.12. The zero-order valence-corrected chi connectivity index (χ0v) is 15.1. The van der Waals surface area contributed by atoms with Crippen LogP contribution in [0, 0.1) is 6.92 Å². The average Bonchev–Trinajstić information content (AvgIpc) is 2.56. The van der Waals surface area contributed by atoms with Crippen molar-refractivity contribution in [2.75, 3.05) is 31.1 Å². The topological polar surface area (TPSA) is 66.4 Å². The molecule has 0 saturated carbocycles. The molecule has 0 atom stereocenters. The quantitative estimate of drug-likeness (QED) is 0.793. The van der Waals surface area contributed by atoms with E-state index in [0.717, 1.165) is 11.5 Å². The van der Waals surface area contributed by atoms with E-state index in [1.807, 2.05) is 19.1 Å². The molecule has 3 rings (SSSR count). The van der Waals surface area contributed by atoms with Gasteiger partial charge in [-0.25, -0.2) is 8.42 Å². The first-order valence-corrected chi connectivity index (χ1v) is 9.52. The van der Waals surface area contributed by atoms with Gasteiger partial charge < -0.3 is 4.90 Å². The summed E-state index contributed by atoms with van der Waals surface area (Å²) < 4.78 is 27.6. The van der Waals surface area contributed by atoms with Crippen molar-refractivity contribution in [1.29, 1.82) is 0 Å². The van der Waals surface area contributed by atoms with Crippen LogP contribution in [0.15, 0.2) is 45.8 Å². The minimum Gasteiger partial charge on any atom is -0.352 e. The molecule has 23 heavy (non-hydrogen) atoms. The Morgan fingerprint density at radius 1 is 1.00 bits per heavy atom. The summed E-state index contributed by atoms with van der Waals surface area (Å²) >= 11 is 3.32. The molecule has 0 bridgehead atoms. The molecule has 2 aromatic rings. The van der Waals surface area contributed by atoms with E-state index in [9.17, 15) is 8.42 Å². The lowest BCUT2D eigenvalue weighted by atomic mass is 10.3. The van der Waals surface area contributed by atoms with Gasteiger partial charge in [0.05, 0.1) is 10.6 Å². The van der Waals surface area contributed by atoms with E-state index in [1.165, 1.54) is 4.31 Å². The Hall–Kier alpha value is -1.51. The molecule has 1 aromatic heterocycles. The number of benzene rings is 1. The van der Waals surface area contributed by atoms with Gasteiger partial charge in [0.1, 0.15) is 0 Å². The average molecular weight is 397 g/mol. The Kier molecular flexibility index (Phi) is 4.65. The lowest BCUT2D eigenvalue weighted by Crippen LogP contribution is -2.49. The first kappa shape index (κ1) is 16.4. The van der Waals surface area contributed by atoms with Crippen LogP contribution in [0.3, 0.4) is 0 Å². The molecule has 1 aromatic carbocycles. The van der Waals surface area contributed by atoms with E-state index in [-0.39, 0.29) is 0 Å². The molecular weight excluding hydrogens is 380 g/mol. The van der Waals surface area contributed by atoms with Crippen LogP contribution in [0.4, 0.5) is 5.82 Å². The van der Waals surface area contributed by atoms with Gasteiger partial charge in [0, 0.05) is 30.7 Å². The summed E-state index contributed by atoms with van der Waals surface area (Å²) in [6.45, 7) is 3.94. The van der Waals surface area contributed by atoms with E-state index in [2.05, 4.69) is 31.0 Å². The Morgan fingerprint density at radius 3 is 2.30 bits per heavy atom. The monoisotopic (exact) mass is 396 g/mol. The SMILES string of the molecule is Cc1ccc(N2CCN(S(=O)(=O)c3ccccc3Br)CC2)nn1. The van der Waals surface area contributed by atoms with Crippen molar-refractivity contribution < 1.29 is 8.42 Å². The van der Waals surface area contributed by atoms with Crippen LogP contribution >= 0.6 is 15.9 Å². The number of hydrogen-bond donors (Lipinski definition) is 0. The lowest BCUT2D eigenvalue weighted by molar-refractivity contribution is 0.383. The van der Waals surface area contributed by atoms with Gasteiger partial charge in [-0.2, -0.15) is 9.40 Å². The summed E-state index contributed by atoms with van der Waals surface area (Å²) in [5.41, 5.74) is 0.865. The van der Waals surface area contributed by atoms with E-state index in [0.29, 0.717) is 35.5 Å². The molecule has 1 aliphatic rings. The minimum absolute atomic E-state index is 0.309. The van der Waals surface area contributed by atoms with E-state index >= 15 is 0 Å². The fourth-order valence-electron chi connectivity index (χ4n) is 2.51. The molecule has 122 valence electrons. The van der Waals surface area contributed by atoms with Crippen LogP contribution in [0.1, 0.15) is 5.69 Å². The standard InChI is InChI=1S/C15H17BrN4O2S/c1-12-6-7-15(18-17-12)19-8-10-20(11-9-19)23(21,22)14-5-3-2-4-13(14)16/h2-7H,8-11H2,1H3. The highest BCUT2D eigenvalue weighted by Crippen LogP contribution is 2.26. The molecule has 6 nitrogen and oxygen atoms in total. The van der Waals surface area contributed by atoms with Gasteiger partial charge in [0.2, 0.25) is 10.0 Å². The zero-order chi connectivity index (χ0) is 16.4. The van der Waals surface area contributed by atoms with Gasteiger partial charge in [0.15, 0.2) is 5.82 Å². The minimum atomic E-state index is -3.48. The summed E-state index contributed by atoms with van der Waals surface area (Å²) in [6.07, 6.45) is 0. The molecular formula is C15H17BrN4O2S. The lowest BCUT2D eigenvalue weighted by Gasteiger charge is -2.34. The molecule has 2 heterocycles. The number of nitrogens with zero attached hydrogens (tertiary/aromatic N) is 4. The Balaban J connectivity index is 1.74. The third-order valence-corrected chi connectivity index (χ3v) is 6.71. The third kappa shape index (κ3) is 3.39. The molecule has 1 fully saturated rings. The van der Waals surface area contributed by atoms with Crippen LogP contribution in [0.5, 0.6) is 0 Å². The summed E-state index contributed by atoms with van der Waals surface area (Å²) in [6, 6.07) is 10.7. The maximum absolute atomic E-state index is 12.7. The molecule has 0 N–H and O–H groups in total. The largest absolute Gasteiger partial charge is 0.352 e. The van der Waals surface area contributed by atoms with E-state index in [1.54, 1.807) is 24.3 Å². The van der Waals surface area contributed by atoms with Gasteiger partial charge in [-0.15, -0.1) is 5.10 Å². The summed E-state index contributed by atoms with van der Waals surface area (Å²) in [5, 5.41) is 8.21. The van der Waals surface area contributed by atoms with Crippen molar-refractivity contribution in [2.24, 2.45) is 0 Å². The maximum Gasteiger partial charge on any atom is 0.244 e. The number of anilines is 1. The molecule has 0 spiro atoms. The second-order valence-electron chi connectivity index (χ2n) is 5.35. The van der Waals surface area contributed by atoms with Crippen LogP contribution < -0.4 is 4.90 Å². The zero-order valence-electron chi connectivity index (χ0n) is 12.7. The van der Waals surface area contributed by atoms with Crippen molar-refractivity contribution in [1.82, 2.24) is 14.5 Å². The summed E-state index contributed by atoms with van der Waals surface area (Å²) in [5.74, 6) is 0.786. The number of halogens is 1. The molecule has 0 amide bonds. The van der Waals surface area contributed by atoms with E-state index in [4.69, 9.17) is 0 Å². The molecule has 0 unspecified atom stereocenters. The van der Waals surface area contributed by atoms with Crippen LogP contribution in [-0.2, 0) is 10.0 Å². The molecule has 1 aliphatic heterocycles. The fourth-order valence-corrected chi connectivity index (χ4v) is 4.90. The van der Waals surface area contributed by atoms with Crippen molar-refractivity contribution in [3.63, 3.8) is 0 Å². The Bertz CT molecular complexity index is 787. The van der Waals surface area contributed by atoms with Gasteiger partial charge in [-0.05, 0) is 47.1 Å². The van der Waals surface area contributed by atoms with Gasteiger partial charge >= 0.3 is 0 Å². The van der Waals surface area contributed by atoms with Crippen molar-refractivity contribution in [3.8, 4) is 0 Å². The molecule has 0 radical (unpaired) electrons. The number of aryl methyl sites for hydroxylation is 1. The normalized spacial score (nSPS) is 16.5. The highest BCUT2D eigenvalue weighted by molar-refractivity contribution is 9.10. The Morgan fingerprint density at radius 2 is 1.70 bits per heavy atom. The van der Waals surface area contributed by atoms with Crippen molar-refractivity contribution >= 4 is 31.8 Å². The molecule has 1 saturated heterocycles. The fraction of sp³-hybridized carbons (Fsp3) is 0.333. The smallest absolute Gasteiger partial charge is 0.244 e. The summed E-state index contributed by atoms with van der Waals surface area (Å²) in [7, 11) is -3.48. The van der Waals surface area contributed by atoms with E-state index < -0.39 is 10.0 Å². The van der Waals surface area contributed by atoms with Gasteiger partial charge in [-0.3, -0.25) is 0 Å². The van der Waals surface area contributed by atoms with Gasteiger partial charge in [-0.1, -0.05) is 12.1 Å². The summed E-state index contributed by atoms with van der Waals surface area (Å²) in [4.78, 5) is 2.36. The highest BCUT2D eigenvalue weighted by atomic mass is 79.9. The number of piperazine rings is 1. The van der Waals surface area contributed by atoms with Crippen LogP contribution in [0.25, 0.3) is 0 Å². The maximum atomic E-state index is 12.7. The Labute approximate surface area is 144 Å². The molecule has 0 aliphatic carbocycles. The molecule has 8 heteroatoms. The first-order valence-electron chi connectivity index (χ1n) is 7.28. The second kappa shape index (κ2) is 6.54. The number of sulfonamides is 1. The number of hydrogen-bond acceptors (Lipinski definition) is 5. The highest BCUT2D eigenvalue weighted by Gasteiger charge is 2.30. The first-order chi connectivity index (χ1) is 11.0. The third-order valence-electron chi connectivity index (χ3n) is 3.80. The van der Waals surface area contributed by atoms with Crippen molar-refractivity contribution in [3.05, 3.63) is 46.6 Å². The van der Waals surface area contributed by atoms with Crippen LogP contribution in [-0.4, -0.2) is 49.1 Å². The number of aromatic nitrogens is 2. The van der Waals surface area contributed by atoms with Crippen molar-refractivity contribution in [2.45, 2.75) is 11.8 Å². The predicted octanol–water partition coefficient (Wildman–Crippen LogP) is 2.06. The number of rotatable bonds is 3. The van der Waals surface area contributed by atoms with Gasteiger partial charge in [0.25, 0.3) is 0 Å².